The Morgan fingerprint density at radius 1 is 0.897 bits per heavy atom. The number of likely N-dealkylation sites (tertiary alicyclic amines) is 1. The molecule has 0 bridgehead atoms. The number of ether oxygens (including phenoxy) is 4. The number of methoxy groups -OCH3 is 3. The summed E-state index contributed by atoms with van der Waals surface area (Å²) in [6, 6.07) is 20.4. The van der Waals surface area contributed by atoms with Gasteiger partial charge in [0.15, 0.2) is 0 Å². The second-order valence-corrected chi connectivity index (χ2v) is 14.4. The molecule has 0 aliphatic carbocycles. The Bertz CT molecular complexity index is 2360. The molecule has 304 valence electrons. The lowest BCUT2D eigenvalue weighted by Crippen LogP contribution is -2.40. The summed E-state index contributed by atoms with van der Waals surface area (Å²) in [6.45, 7) is 8.46. The molecule has 8 rings (SSSR count). The third-order valence-corrected chi connectivity index (χ3v) is 10.3. The van der Waals surface area contributed by atoms with Gasteiger partial charge in [0.2, 0.25) is 12.1 Å². The molecule has 14 nitrogen and oxygen atoms in total. The monoisotopic (exact) mass is 788 g/mol. The molecule has 58 heavy (non-hydrogen) atoms. The summed E-state index contributed by atoms with van der Waals surface area (Å²) in [6.07, 6.45) is 6.41. The summed E-state index contributed by atoms with van der Waals surface area (Å²) < 4.78 is 25.1. The van der Waals surface area contributed by atoms with Crippen molar-refractivity contribution in [2.75, 3.05) is 41.0 Å². The van der Waals surface area contributed by atoms with Gasteiger partial charge in [-0.15, -0.1) is 0 Å². The Balaban J connectivity index is 0.00000166. The molecule has 0 saturated carbocycles. The summed E-state index contributed by atoms with van der Waals surface area (Å²) in [5, 5.41) is 6.95. The van der Waals surface area contributed by atoms with Gasteiger partial charge in [-0.1, -0.05) is 39.3 Å². The van der Waals surface area contributed by atoms with Gasteiger partial charge >= 0.3 is 6.09 Å². The largest absolute Gasteiger partial charge is 0.497 e. The van der Waals surface area contributed by atoms with E-state index in [1.807, 2.05) is 30.5 Å². The molecule has 4 N–H and O–H groups in total. The van der Waals surface area contributed by atoms with E-state index in [4.69, 9.17) is 19.2 Å². The van der Waals surface area contributed by atoms with Crippen LogP contribution in [0.2, 0.25) is 0 Å². The van der Waals surface area contributed by atoms with Gasteiger partial charge in [-0.3, -0.25) is 4.79 Å². The molecule has 1 saturated heterocycles. The van der Waals surface area contributed by atoms with Crippen LogP contribution in [0.25, 0.3) is 44.7 Å². The Labute approximate surface area is 338 Å². The fourth-order valence-electron chi connectivity index (χ4n) is 7.53. The summed E-state index contributed by atoms with van der Waals surface area (Å²) in [4.78, 5) is 42.6. The third kappa shape index (κ3) is 8.23. The van der Waals surface area contributed by atoms with Crippen LogP contribution in [-0.4, -0.2) is 82.4 Å². The molecular formula is C44H52N8O6. The summed E-state index contributed by atoms with van der Waals surface area (Å²) in [7, 11) is 4.55. The number of H-pyrrole nitrogens is 2. The number of hydrogen-bond donors (Lipinski definition) is 4. The van der Waals surface area contributed by atoms with Crippen molar-refractivity contribution in [1.82, 2.24) is 40.0 Å². The van der Waals surface area contributed by atoms with Gasteiger partial charge in [-0.25, -0.2) is 14.8 Å². The van der Waals surface area contributed by atoms with Gasteiger partial charge in [0.05, 0.1) is 68.9 Å². The molecule has 5 heterocycles. The molecule has 2 aliphatic rings. The minimum Gasteiger partial charge on any atom is -0.497 e. The van der Waals surface area contributed by atoms with Gasteiger partial charge in [0, 0.05) is 40.3 Å². The minimum absolute atomic E-state index is 0.141. The molecule has 0 spiro atoms. The fraction of sp³-hybridized carbons (Fsp3) is 0.364. The second kappa shape index (κ2) is 17.9. The number of nitrogens with one attached hydrogen (secondary N) is 4. The van der Waals surface area contributed by atoms with Gasteiger partial charge in [0.25, 0.3) is 0 Å². The van der Waals surface area contributed by atoms with Gasteiger partial charge in [-0.2, -0.15) is 0 Å². The quantitative estimate of drug-likeness (QED) is 0.0902. The topological polar surface area (TPSA) is 161 Å². The normalized spacial score (nSPS) is 15.5. The number of benzene rings is 3. The number of alkyl carbamates (subject to hydrolysis) is 1. The van der Waals surface area contributed by atoms with Crippen LogP contribution in [-0.2, 0) is 16.1 Å². The van der Waals surface area contributed by atoms with Gasteiger partial charge in [-0.05, 0) is 68.3 Å². The van der Waals surface area contributed by atoms with Crippen molar-refractivity contribution in [3.8, 4) is 51.0 Å². The van der Waals surface area contributed by atoms with Crippen LogP contribution in [0.1, 0.15) is 75.9 Å². The SMILES string of the molecule is CCC.CCCNCc1ncc(-c2ccc3c(c2)cc2n3C(c3cc(OC)cc(OC)c3)Oc3cc(-c4cnc(C5CCCN5C(=O)CNC(=O)OC)[nH]4)ccc3-2)[nH]1. The average molecular weight is 789 g/mol. The zero-order valence-corrected chi connectivity index (χ0v) is 34.0. The number of carbonyl (C=O) groups excluding carboxylic acids is 2. The number of imidazole rings is 2. The molecule has 2 unspecified atom stereocenters. The molecule has 3 aromatic carbocycles. The first-order valence-corrected chi connectivity index (χ1v) is 19.9. The molecular weight excluding hydrogens is 737 g/mol. The van der Waals surface area contributed by atoms with Crippen molar-refractivity contribution in [3.05, 3.63) is 90.3 Å². The van der Waals surface area contributed by atoms with Crippen LogP contribution < -0.4 is 24.8 Å². The highest BCUT2D eigenvalue weighted by Gasteiger charge is 2.33. The van der Waals surface area contributed by atoms with Crippen LogP contribution in [0.15, 0.2) is 73.1 Å². The highest BCUT2D eigenvalue weighted by molar-refractivity contribution is 5.92. The number of rotatable bonds is 12. The Morgan fingerprint density at radius 2 is 1.62 bits per heavy atom. The lowest BCUT2D eigenvalue weighted by atomic mass is 10.0. The van der Waals surface area contributed by atoms with Crippen molar-refractivity contribution < 1.29 is 28.5 Å². The molecule has 6 aromatic rings. The first kappa shape index (κ1) is 39.9. The van der Waals surface area contributed by atoms with Crippen LogP contribution in [0.3, 0.4) is 0 Å². The van der Waals surface area contributed by atoms with Crippen molar-refractivity contribution in [2.24, 2.45) is 0 Å². The number of hydrogen-bond acceptors (Lipinski definition) is 9. The lowest BCUT2D eigenvalue weighted by molar-refractivity contribution is -0.131. The van der Waals surface area contributed by atoms with Crippen molar-refractivity contribution in [3.63, 3.8) is 0 Å². The highest BCUT2D eigenvalue weighted by atomic mass is 16.5. The first-order chi connectivity index (χ1) is 28.3. The van der Waals surface area contributed by atoms with E-state index in [-0.39, 0.29) is 18.5 Å². The summed E-state index contributed by atoms with van der Waals surface area (Å²) in [5.74, 6) is 3.43. The van der Waals surface area contributed by atoms with E-state index in [1.165, 1.54) is 13.5 Å². The van der Waals surface area contributed by atoms with E-state index in [0.29, 0.717) is 36.2 Å². The van der Waals surface area contributed by atoms with Crippen LogP contribution in [0.5, 0.6) is 17.2 Å². The standard InChI is InChI=1S/C41H44N8O6.C3H8/c1-5-12-42-22-37-43-20-31(46-37)24-9-11-33-26(14-24)17-35-30-10-8-25(18-36(30)55-40(49(33)35)27-15-28(52-2)19-29(16-27)53-3)32-21-44-39(47-32)34-7-6-13-48(34)38(50)23-45-41(51)54-4;1-3-2/h8-11,14-21,34,40,42H,5-7,12-13,22-23H2,1-4H3,(H,43,46)(H,44,47)(H,45,51);3H2,1-2H3. The van der Waals surface area contributed by atoms with E-state index >= 15 is 0 Å². The van der Waals surface area contributed by atoms with E-state index in [1.54, 1.807) is 25.3 Å². The zero-order chi connectivity index (χ0) is 40.8. The van der Waals surface area contributed by atoms with Crippen LogP contribution >= 0.6 is 0 Å². The number of aromatic amines is 2. The summed E-state index contributed by atoms with van der Waals surface area (Å²) >= 11 is 0. The van der Waals surface area contributed by atoms with Crippen LogP contribution in [0, 0.1) is 0 Å². The van der Waals surface area contributed by atoms with Gasteiger partial charge in [0.1, 0.15) is 35.4 Å². The maximum atomic E-state index is 13.0. The van der Waals surface area contributed by atoms with Gasteiger partial charge < -0.3 is 49.0 Å². The fourth-order valence-corrected chi connectivity index (χ4v) is 7.53. The van der Waals surface area contributed by atoms with E-state index in [2.05, 4.69) is 92.1 Å². The average Bonchev–Trinajstić information content (AvgIpc) is 4.08. The number of amides is 2. The first-order valence-electron chi connectivity index (χ1n) is 19.9. The Kier molecular flexibility index (Phi) is 12.3. The second-order valence-electron chi connectivity index (χ2n) is 14.4. The maximum absolute atomic E-state index is 13.0. The molecule has 14 heteroatoms. The number of carbonyl (C=O) groups is 2. The highest BCUT2D eigenvalue weighted by Crippen LogP contribution is 2.47. The van der Waals surface area contributed by atoms with E-state index < -0.39 is 12.3 Å². The van der Waals surface area contributed by atoms with Crippen molar-refractivity contribution >= 4 is 22.9 Å². The van der Waals surface area contributed by atoms with Crippen molar-refractivity contribution in [1.29, 1.82) is 0 Å². The number of aromatic nitrogens is 5. The smallest absolute Gasteiger partial charge is 0.407 e. The summed E-state index contributed by atoms with van der Waals surface area (Å²) in [5.41, 5.74) is 7.51. The number of nitrogens with zero attached hydrogens (tertiary/aromatic N) is 4. The molecule has 3 aromatic heterocycles. The molecule has 2 aliphatic heterocycles. The predicted octanol–water partition coefficient (Wildman–Crippen LogP) is 7.98. The lowest BCUT2D eigenvalue weighted by Gasteiger charge is -2.31. The molecule has 2 amide bonds. The molecule has 2 atom stereocenters. The zero-order valence-electron chi connectivity index (χ0n) is 34.0. The molecule has 0 radical (unpaired) electrons. The van der Waals surface area contributed by atoms with E-state index in [0.717, 1.165) is 81.9 Å². The Hall–Kier alpha value is -6.28. The Morgan fingerprint density at radius 3 is 2.36 bits per heavy atom. The third-order valence-electron chi connectivity index (χ3n) is 10.3. The minimum atomic E-state index is -0.643. The number of fused-ring (bicyclic) bond motifs is 5. The van der Waals surface area contributed by atoms with Crippen molar-refractivity contribution in [2.45, 2.75) is 65.3 Å². The predicted molar refractivity (Wildman–Crippen MR) is 223 cm³/mol. The van der Waals surface area contributed by atoms with Crippen LogP contribution in [0.4, 0.5) is 4.79 Å². The van der Waals surface area contributed by atoms with E-state index in [9.17, 15) is 9.59 Å². The maximum Gasteiger partial charge on any atom is 0.407 e. The molecule has 1 fully saturated rings.